The summed E-state index contributed by atoms with van der Waals surface area (Å²) in [4.78, 5) is 20.9. The molecular formula is C25H22N4O2. The Labute approximate surface area is 181 Å². The highest BCUT2D eigenvalue weighted by Crippen LogP contribution is 2.29. The minimum Gasteiger partial charge on any atom is -0.496 e. The maximum Gasteiger partial charge on any atom is 0.228 e. The number of benzene rings is 3. The zero-order chi connectivity index (χ0) is 21.5. The Kier molecular flexibility index (Phi) is 6.18. The molecule has 6 nitrogen and oxygen atoms in total. The van der Waals surface area contributed by atoms with Crippen molar-refractivity contribution in [1.29, 1.82) is 0 Å². The summed E-state index contributed by atoms with van der Waals surface area (Å²) in [5.74, 6) is 1.36. The van der Waals surface area contributed by atoms with Crippen LogP contribution >= 0.6 is 0 Å². The highest BCUT2D eigenvalue weighted by molar-refractivity contribution is 5.92. The lowest BCUT2D eigenvalue weighted by molar-refractivity contribution is -0.115. The van der Waals surface area contributed by atoms with Gasteiger partial charge in [0.25, 0.3) is 0 Å². The molecule has 1 heterocycles. The van der Waals surface area contributed by atoms with Gasteiger partial charge in [-0.3, -0.25) is 4.79 Å². The average molecular weight is 410 g/mol. The van der Waals surface area contributed by atoms with E-state index >= 15 is 0 Å². The van der Waals surface area contributed by atoms with Crippen molar-refractivity contribution in [2.24, 2.45) is 0 Å². The summed E-state index contributed by atoms with van der Waals surface area (Å²) >= 11 is 0. The highest BCUT2D eigenvalue weighted by atomic mass is 16.5. The normalized spacial score (nSPS) is 10.4. The van der Waals surface area contributed by atoms with Crippen molar-refractivity contribution in [3.63, 3.8) is 0 Å². The standard InChI is InChI=1S/C25H22N4O2/c1-31-23-10-6-5-9-21(23)22-16-24(27-17-26-22)28-19-11-13-20(14-12-19)29-25(30)15-18-7-3-2-4-8-18/h2-14,16-17H,15H2,1H3,(H,29,30)(H,26,27,28). The summed E-state index contributed by atoms with van der Waals surface area (Å²) in [6.45, 7) is 0. The fourth-order valence-corrected chi connectivity index (χ4v) is 3.20. The third kappa shape index (κ3) is 5.25. The second-order valence-corrected chi connectivity index (χ2v) is 6.90. The summed E-state index contributed by atoms with van der Waals surface area (Å²) in [6.07, 6.45) is 1.86. The van der Waals surface area contributed by atoms with E-state index in [0.29, 0.717) is 12.2 Å². The van der Waals surface area contributed by atoms with E-state index in [1.165, 1.54) is 6.33 Å². The molecule has 6 heteroatoms. The zero-order valence-corrected chi connectivity index (χ0v) is 17.1. The van der Waals surface area contributed by atoms with E-state index in [9.17, 15) is 4.79 Å². The lowest BCUT2D eigenvalue weighted by Gasteiger charge is -2.10. The molecule has 0 spiro atoms. The van der Waals surface area contributed by atoms with Gasteiger partial charge < -0.3 is 15.4 Å². The van der Waals surface area contributed by atoms with Gasteiger partial charge in [-0.2, -0.15) is 0 Å². The predicted octanol–water partition coefficient (Wildman–Crippen LogP) is 5.08. The average Bonchev–Trinajstić information content (AvgIpc) is 2.81. The predicted molar refractivity (Wildman–Crippen MR) is 123 cm³/mol. The molecular weight excluding hydrogens is 388 g/mol. The first-order valence-electron chi connectivity index (χ1n) is 9.87. The Bertz CT molecular complexity index is 1160. The molecule has 0 atom stereocenters. The van der Waals surface area contributed by atoms with Gasteiger partial charge in [0.2, 0.25) is 5.91 Å². The summed E-state index contributed by atoms with van der Waals surface area (Å²) in [5, 5.41) is 6.19. The van der Waals surface area contributed by atoms with Crippen LogP contribution < -0.4 is 15.4 Å². The molecule has 0 aliphatic carbocycles. The van der Waals surface area contributed by atoms with Crippen molar-refractivity contribution < 1.29 is 9.53 Å². The Morgan fingerprint density at radius 3 is 2.35 bits per heavy atom. The van der Waals surface area contributed by atoms with Crippen LogP contribution in [0.3, 0.4) is 0 Å². The van der Waals surface area contributed by atoms with Crippen molar-refractivity contribution in [3.05, 3.63) is 96.8 Å². The van der Waals surface area contributed by atoms with E-state index in [2.05, 4.69) is 20.6 Å². The van der Waals surface area contributed by atoms with Crippen LogP contribution in [0, 0.1) is 0 Å². The van der Waals surface area contributed by atoms with E-state index in [1.807, 2.05) is 84.9 Å². The first kappa shape index (κ1) is 20.1. The number of nitrogens with one attached hydrogen (secondary N) is 2. The van der Waals surface area contributed by atoms with E-state index in [1.54, 1.807) is 7.11 Å². The largest absolute Gasteiger partial charge is 0.496 e. The number of ether oxygens (including phenoxy) is 1. The number of rotatable bonds is 7. The van der Waals surface area contributed by atoms with Gasteiger partial charge in [-0.25, -0.2) is 9.97 Å². The van der Waals surface area contributed by atoms with E-state index in [0.717, 1.165) is 33.9 Å². The number of aromatic nitrogens is 2. The molecule has 0 unspecified atom stereocenters. The van der Waals surface area contributed by atoms with Crippen molar-refractivity contribution in [2.45, 2.75) is 6.42 Å². The first-order valence-corrected chi connectivity index (χ1v) is 9.87. The number of carbonyl (C=O) groups excluding carboxylic acids is 1. The molecule has 0 aliphatic rings. The Hall–Kier alpha value is -4.19. The van der Waals surface area contributed by atoms with E-state index < -0.39 is 0 Å². The third-order valence-electron chi connectivity index (χ3n) is 4.70. The van der Waals surface area contributed by atoms with Gasteiger partial charge in [0, 0.05) is 23.0 Å². The number of anilines is 3. The summed E-state index contributed by atoms with van der Waals surface area (Å²) in [7, 11) is 1.64. The maximum atomic E-state index is 12.2. The van der Waals surface area contributed by atoms with Crippen LogP contribution in [-0.4, -0.2) is 23.0 Å². The summed E-state index contributed by atoms with van der Waals surface area (Å²) in [6, 6.07) is 26.7. The van der Waals surface area contributed by atoms with Gasteiger partial charge >= 0.3 is 0 Å². The van der Waals surface area contributed by atoms with Crippen LogP contribution in [0.4, 0.5) is 17.2 Å². The minimum absolute atomic E-state index is 0.0517. The molecule has 0 saturated heterocycles. The fourth-order valence-electron chi connectivity index (χ4n) is 3.20. The minimum atomic E-state index is -0.0517. The maximum absolute atomic E-state index is 12.2. The van der Waals surface area contributed by atoms with Gasteiger partial charge in [0.05, 0.1) is 19.2 Å². The van der Waals surface area contributed by atoms with Gasteiger partial charge in [0.1, 0.15) is 17.9 Å². The highest BCUT2D eigenvalue weighted by Gasteiger charge is 2.08. The first-order chi connectivity index (χ1) is 15.2. The molecule has 31 heavy (non-hydrogen) atoms. The molecule has 3 aromatic carbocycles. The topological polar surface area (TPSA) is 76.1 Å². The Morgan fingerprint density at radius 1 is 0.871 bits per heavy atom. The summed E-state index contributed by atoms with van der Waals surface area (Å²) in [5.41, 5.74) is 4.23. The molecule has 0 aliphatic heterocycles. The SMILES string of the molecule is COc1ccccc1-c1cc(Nc2ccc(NC(=O)Cc3ccccc3)cc2)ncn1. The number of hydrogen-bond donors (Lipinski definition) is 2. The van der Waals surface area contributed by atoms with Crippen molar-refractivity contribution >= 4 is 23.1 Å². The molecule has 0 saturated carbocycles. The number of nitrogens with zero attached hydrogens (tertiary/aromatic N) is 2. The zero-order valence-electron chi connectivity index (χ0n) is 17.1. The number of methoxy groups -OCH3 is 1. The van der Waals surface area contributed by atoms with Crippen LogP contribution in [0.25, 0.3) is 11.3 Å². The number of hydrogen-bond acceptors (Lipinski definition) is 5. The van der Waals surface area contributed by atoms with Gasteiger partial charge in [-0.15, -0.1) is 0 Å². The smallest absolute Gasteiger partial charge is 0.228 e. The molecule has 0 radical (unpaired) electrons. The van der Waals surface area contributed by atoms with Crippen LogP contribution in [0.5, 0.6) is 5.75 Å². The van der Waals surface area contributed by atoms with Crippen LogP contribution in [0.1, 0.15) is 5.56 Å². The van der Waals surface area contributed by atoms with Gasteiger partial charge in [0.15, 0.2) is 0 Å². The monoisotopic (exact) mass is 410 g/mol. The number of carbonyl (C=O) groups is 1. The molecule has 4 rings (SSSR count). The third-order valence-corrected chi connectivity index (χ3v) is 4.70. The molecule has 154 valence electrons. The fraction of sp³-hybridized carbons (Fsp3) is 0.0800. The molecule has 0 bridgehead atoms. The lowest BCUT2D eigenvalue weighted by Crippen LogP contribution is -2.14. The van der Waals surface area contributed by atoms with E-state index in [4.69, 9.17) is 4.74 Å². The quantitative estimate of drug-likeness (QED) is 0.444. The summed E-state index contributed by atoms with van der Waals surface area (Å²) < 4.78 is 5.42. The number of amides is 1. The van der Waals surface area contributed by atoms with Gasteiger partial charge in [-0.1, -0.05) is 42.5 Å². The number of para-hydroxylation sites is 1. The van der Waals surface area contributed by atoms with Crippen molar-refractivity contribution in [3.8, 4) is 17.0 Å². The van der Waals surface area contributed by atoms with Crippen molar-refractivity contribution in [1.82, 2.24) is 9.97 Å². The van der Waals surface area contributed by atoms with E-state index in [-0.39, 0.29) is 5.91 Å². The van der Waals surface area contributed by atoms with Crippen LogP contribution in [0.2, 0.25) is 0 Å². The molecule has 4 aromatic rings. The molecule has 2 N–H and O–H groups in total. The molecule has 0 fully saturated rings. The Morgan fingerprint density at radius 2 is 1.58 bits per heavy atom. The van der Waals surface area contributed by atoms with Crippen LogP contribution in [-0.2, 0) is 11.2 Å². The van der Waals surface area contributed by atoms with Crippen LogP contribution in [0.15, 0.2) is 91.3 Å². The second kappa shape index (κ2) is 9.54. The lowest BCUT2D eigenvalue weighted by atomic mass is 10.1. The molecule has 1 amide bonds. The second-order valence-electron chi connectivity index (χ2n) is 6.90. The van der Waals surface area contributed by atoms with Gasteiger partial charge in [-0.05, 0) is 42.0 Å². The molecule has 1 aromatic heterocycles. The Balaban J connectivity index is 1.42. The van der Waals surface area contributed by atoms with Crippen molar-refractivity contribution in [2.75, 3.05) is 17.7 Å².